The van der Waals surface area contributed by atoms with Crippen LogP contribution in [0.1, 0.15) is 5.56 Å². The lowest BCUT2D eigenvalue weighted by molar-refractivity contribution is 0.0695. The maximum Gasteiger partial charge on any atom is 0.160 e. The van der Waals surface area contributed by atoms with Gasteiger partial charge in [-0.3, -0.25) is 9.80 Å². The first-order valence-corrected chi connectivity index (χ1v) is 7.29. The molecule has 0 bridgehead atoms. The van der Waals surface area contributed by atoms with E-state index in [1.165, 1.54) is 0 Å². The maximum absolute atomic E-state index is 9.82. The van der Waals surface area contributed by atoms with E-state index in [-0.39, 0.29) is 5.75 Å². The number of hydrogen-bond donors (Lipinski definition) is 2. The molecule has 0 spiro atoms. The summed E-state index contributed by atoms with van der Waals surface area (Å²) in [4.78, 5) is 5.03. The minimum absolute atomic E-state index is 0.226. The van der Waals surface area contributed by atoms with Gasteiger partial charge in [0, 0.05) is 51.9 Å². The van der Waals surface area contributed by atoms with Gasteiger partial charge in [0.05, 0.1) is 7.11 Å². The van der Waals surface area contributed by atoms with E-state index in [4.69, 9.17) is 4.74 Å². The van der Waals surface area contributed by atoms with Gasteiger partial charge in [0.15, 0.2) is 11.5 Å². The van der Waals surface area contributed by atoms with Gasteiger partial charge in [-0.2, -0.15) is 0 Å². The Balaban J connectivity index is 1.52. The van der Waals surface area contributed by atoms with Crippen LogP contribution in [0, 0.1) is 0 Å². The number of phenolic OH excluding ortho intramolecular Hbond substituents is 1. The van der Waals surface area contributed by atoms with Crippen LogP contribution in [0.3, 0.4) is 0 Å². The Bertz CT molecular complexity index is 454. The van der Waals surface area contributed by atoms with Crippen LogP contribution in [0.5, 0.6) is 11.5 Å². The van der Waals surface area contributed by atoms with Crippen LogP contribution in [0.25, 0.3) is 0 Å². The standard InChI is InChI=1S/C15H23N3O2/c1-20-15-3-2-12(8-14(15)19)11-17-4-6-18(7-5-17)13-9-16-10-13/h2-3,8,13,16,19H,4-7,9-11H2,1H3. The van der Waals surface area contributed by atoms with E-state index in [1.54, 1.807) is 13.2 Å². The highest BCUT2D eigenvalue weighted by Gasteiger charge is 2.27. The number of nitrogens with one attached hydrogen (secondary N) is 1. The van der Waals surface area contributed by atoms with E-state index in [2.05, 4.69) is 15.1 Å². The highest BCUT2D eigenvalue weighted by Crippen LogP contribution is 2.27. The summed E-state index contributed by atoms with van der Waals surface area (Å²) in [6.45, 7) is 7.68. The van der Waals surface area contributed by atoms with Gasteiger partial charge in [-0.25, -0.2) is 0 Å². The van der Waals surface area contributed by atoms with Crippen molar-refractivity contribution in [2.75, 3.05) is 46.4 Å². The molecule has 0 atom stereocenters. The highest BCUT2D eigenvalue weighted by molar-refractivity contribution is 5.41. The zero-order valence-corrected chi connectivity index (χ0v) is 12.0. The van der Waals surface area contributed by atoms with Gasteiger partial charge in [-0.05, 0) is 17.7 Å². The second-order valence-corrected chi connectivity index (χ2v) is 5.63. The van der Waals surface area contributed by atoms with Crippen LogP contribution >= 0.6 is 0 Å². The Kier molecular flexibility index (Phi) is 4.10. The van der Waals surface area contributed by atoms with Gasteiger partial charge in [0.25, 0.3) is 0 Å². The predicted molar refractivity (Wildman–Crippen MR) is 78.2 cm³/mol. The second-order valence-electron chi connectivity index (χ2n) is 5.63. The number of ether oxygens (including phenoxy) is 1. The van der Waals surface area contributed by atoms with Gasteiger partial charge in [0.1, 0.15) is 0 Å². The average Bonchev–Trinajstić information content (AvgIpc) is 2.39. The number of nitrogens with zero attached hydrogens (tertiary/aromatic N) is 2. The smallest absolute Gasteiger partial charge is 0.160 e. The fourth-order valence-electron chi connectivity index (χ4n) is 2.91. The summed E-state index contributed by atoms with van der Waals surface area (Å²) < 4.78 is 5.07. The van der Waals surface area contributed by atoms with E-state index in [0.717, 1.165) is 57.4 Å². The van der Waals surface area contributed by atoms with Crippen LogP contribution in [0.2, 0.25) is 0 Å². The number of benzene rings is 1. The van der Waals surface area contributed by atoms with Crippen LogP contribution < -0.4 is 10.1 Å². The van der Waals surface area contributed by atoms with Crippen molar-refractivity contribution in [2.45, 2.75) is 12.6 Å². The van der Waals surface area contributed by atoms with Crippen molar-refractivity contribution in [3.8, 4) is 11.5 Å². The minimum atomic E-state index is 0.226. The molecule has 0 radical (unpaired) electrons. The van der Waals surface area contributed by atoms with Gasteiger partial charge < -0.3 is 15.2 Å². The fraction of sp³-hybridized carbons (Fsp3) is 0.600. The highest BCUT2D eigenvalue weighted by atomic mass is 16.5. The number of aromatic hydroxyl groups is 1. The fourth-order valence-corrected chi connectivity index (χ4v) is 2.91. The predicted octanol–water partition coefficient (Wildman–Crippen LogP) is 0.490. The molecule has 2 aliphatic heterocycles. The molecule has 3 rings (SSSR count). The number of rotatable bonds is 4. The number of hydrogen-bond acceptors (Lipinski definition) is 5. The zero-order chi connectivity index (χ0) is 13.9. The molecule has 0 aliphatic carbocycles. The molecule has 2 heterocycles. The van der Waals surface area contributed by atoms with Crippen LogP contribution in [0.15, 0.2) is 18.2 Å². The van der Waals surface area contributed by atoms with Gasteiger partial charge >= 0.3 is 0 Å². The molecule has 1 aromatic rings. The van der Waals surface area contributed by atoms with E-state index in [9.17, 15) is 5.11 Å². The summed E-state index contributed by atoms with van der Waals surface area (Å²) in [6, 6.07) is 6.42. The van der Waals surface area contributed by atoms with Crippen molar-refractivity contribution in [3.05, 3.63) is 23.8 Å². The van der Waals surface area contributed by atoms with Crippen molar-refractivity contribution in [2.24, 2.45) is 0 Å². The Morgan fingerprint density at radius 1 is 1.25 bits per heavy atom. The molecule has 20 heavy (non-hydrogen) atoms. The molecule has 5 heteroatoms. The first-order chi connectivity index (χ1) is 9.76. The van der Waals surface area contributed by atoms with E-state index < -0.39 is 0 Å². The largest absolute Gasteiger partial charge is 0.504 e. The van der Waals surface area contributed by atoms with Crippen molar-refractivity contribution in [3.63, 3.8) is 0 Å². The monoisotopic (exact) mass is 277 g/mol. The summed E-state index contributed by atoms with van der Waals surface area (Å²) in [5.74, 6) is 0.764. The summed E-state index contributed by atoms with van der Waals surface area (Å²) in [7, 11) is 1.57. The molecule has 0 saturated carbocycles. The summed E-state index contributed by atoms with van der Waals surface area (Å²) in [5, 5.41) is 13.1. The molecule has 0 unspecified atom stereocenters. The Labute approximate surface area is 120 Å². The van der Waals surface area contributed by atoms with E-state index >= 15 is 0 Å². The molecular weight excluding hydrogens is 254 g/mol. The third kappa shape index (κ3) is 2.90. The normalized spacial score (nSPS) is 21.6. The van der Waals surface area contributed by atoms with Crippen molar-refractivity contribution >= 4 is 0 Å². The molecule has 2 N–H and O–H groups in total. The molecule has 110 valence electrons. The molecule has 0 amide bonds. The van der Waals surface area contributed by atoms with Crippen LogP contribution in [-0.4, -0.2) is 67.3 Å². The lowest BCUT2D eigenvalue weighted by Gasteiger charge is -2.43. The van der Waals surface area contributed by atoms with Gasteiger partial charge in [-0.1, -0.05) is 6.07 Å². The molecular formula is C15H23N3O2. The summed E-state index contributed by atoms with van der Waals surface area (Å²) in [5.41, 5.74) is 1.14. The van der Waals surface area contributed by atoms with Crippen molar-refractivity contribution in [1.82, 2.24) is 15.1 Å². The first-order valence-electron chi connectivity index (χ1n) is 7.29. The summed E-state index contributed by atoms with van der Waals surface area (Å²) in [6.07, 6.45) is 0. The summed E-state index contributed by atoms with van der Waals surface area (Å²) >= 11 is 0. The SMILES string of the molecule is COc1ccc(CN2CCN(C3CNC3)CC2)cc1O. The molecule has 1 aromatic carbocycles. The minimum Gasteiger partial charge on any atom is -0.504 e. The Morgan fingerprint density at radius 3 is 2.55 bits per heavy atom. The lowest BCUT2D eigenvalue weighted by atomic mass is 10.1. The maximum atomic E-state index is 9.82. The van der Waals surface area contributed by atoms with E-state index in [0.29, 0.717) is 5.75 Å². The Hall–Kier alpha value is -1.30. The topological polar surface area (TPSA) is 48.0 Å². The Morgan fingerprint density at radius 2 is 2.00 bits per heavy atom. The van der Waals surface area contributed by atoms with Crippen LogP contribution in [0.4, 0.5) is 0 Å². The molecule has 2 aliphatic rings. The molecule has 2 fully saturated rings. The number of piperazine rings is 1. The third-order valence-electron chi connectivity index (χ3n) is 4.33. The van der Waals surface area contributed by atoms with Crippen molar-refractivity contribution < 1.29 is 9.84 Å². The zero-order valence-electron chi connectivity index (χ0n) is 12.0. The molecule has 5 nitrogen and oxygen atoms in total. The van der Waals surface area contributed by atoms with Gasteiger partial charge in [-0.15, -0.1) is 0 Å². The van der Waals surface area contributed by atoms with Crippen molar-refractivity contribution in [1.29, 1.82) is 0 Å². The van der Waals surface area contributed by atoms with Gasteiger partial charge in [0.2, 0.25) is 0 Å². The number of phenols is 1. The third-order valence-corrected chi connectivity index (χ3v) is 4.33. The quantitative estimate of drug-likeness (QED) is 0.839. The molecule has 2 saturated heterocycles. The first kappa shape index (κ1) is 13.7. The molecule has 0 aromatic heterocycles. The average molecular weight is 277 g/mol. The van der Waals surface area contributed by atoms with E-state index in [1.807, 2.05) is 12.1 Å². The van der Waals surface area contributed by atoms with Crippen LogP contribution in [-0.2, 0) is 6.54 Å². The lowest BCUT2D eigenvalue weighted by Crippen LogP contribution is -2.61. The second kappa shape index (κ2) is 5.99. The number of methoxy groups -OCH3 is 1.